The van der Waals surface area contributed by atoms with Crippen LogP contribution in [0.15, 0.2) is 42.5 Å². The predicted octanol–water partition coefficient (Wildman–Crippen LogP) is 4.96. The molecular formula is C17H16F3NO. The topological polar surface area (TPSA) is 21.3 Å². The van der Waals surface area contributed by atoms with Gasteiger partial charge >= 0.3 is 6.18 Å². The van der Waals surface area contributed by atoms with Gasteiger partial charge in [0.05, 0.1) is 17.8 Å². The van der Waals surface area contributed by atoms with Gasteiger partial charge in [0.1, 0.15) is 11.4 Å². The van der Waals surface area contributed by atoms with Gasteiger partial charge in [0, 0.05) is 0 Å². The molecule has 0 atom stereocenters. The van der Waals surface area contributed by atoms with E-state index in [1.54, 1.807) is 0 Å². The number of halogens is 3. The first kappa shape index (κ1) is 14.8. The standard InChI is InChI=1S/C17H16F3NO/c1-16(2)10-21-14-8-5-12(9-15(14)22-16)11-3-6-13(7-4-11)17(18,19)20/h3-9,21H,10H2,1-2H3. The van der Waals surface area contributed by atoms with Gasteiger partial charge in [-0.3, -0.25) is 0 Å². The molecule has 0 spiro atoms. The molecule has 2 nitrogen and oxygen atoms in total. The van der Waals surface area contributed by atoms with Crippen molar-refractivity contribution in [3.63, 3.8) is 0 Å². The Bertz CT molecular complexity index is 690. The first-order valence-electron chi connectivity index (χ1n) is 6.99. The number of fused-ring (bicyclic) bond motifs is 1. The lowest BCUT2D eigenvalue weighted by Gasteiger charge is -2.33. The maximum absolute atomic E-state index is 12.6. The monoisotopic (exact) mass is 307 g/mol. The van der Waals surface area contributed by atoms with E-state index in [1.807, 2.05) is 32.0 Å². The average Bonchev–Trinajstić information content (AvgIpc) is 2.45. The lowest BCUT2D eigenvalue weighted by molar-refractivity contribution is -0.137. The van der Waals surface area contributed by atoms with Gasteiger partial charge in [0.2, 0.25) is 0 Å². The van der Waals surface area contributed by atoms with Crippen LogP contribution in [-0.4, -0.2) is 12.1 Å². The van der Waals surface area contributed by atoms with Crippen LogP contribution in [0.25, 0.3) is 11.1 Å². The molecule has 116 valence electrons. The molecule has 2 aromatic rings. The second-order valence-electron chi connectivity index (χ2n) is 6.00. The van der Waals surface area contributed by atoms with E-state index in [4.69, 9.17) is 4.74 Å². The second kappa shape index (κ2) is 4.93. The summed E-state index contributed by atoms with van der Waals surface area (Å²) in [6, 6.07) is 10.8. The van der Waals surface area contributed by atoms with Crippen LogP contribution in [-0.2, 0) is 6.18 Å². The Morgan fingerprint density at radius 3 is 2.27 bits per heavy atom. The highest BCUT2D eigenvalue weighted by Crippen LogP contribution is 2.37. The first-order valence-corrected chi connectivity index (χ1v) is 6.99. The summed E-state index contributed by atoms with van der Waals surface area (Å²) in [6.45, 7) is 4.67. The van der Waals surface area contributed by atoms with Gasteiger partial charge in [-0.05, 0) is 49.2 Å². The Hall–Kier alpha value is -2.17. The SMILES string of the molecule is CC1(C)CNc2ccc(-c3ccc(C(F)(F)F)cc3)cc2O1. The summed E-state index contributed by atoms with van der Waals surface area (Å²) in [6.07, 6.45) is -4.31. The number of ether oxygens (including phenoxy) is 1. The van der Waals surface area contributed by atoms with E-state index in [2.05, 4.69) is 5.32 Å². The van der Waals surface area contributed by atoms with E-state index in [0.717, 1.165) is 28.9 Å². The molecule has 5 heteroatoms. The van der Waals surface area contributed by atoms with Crippen LogP contribution in [0.5, 0.6) is 5.75 Å². The third-order valence-electron chi connectivity index (χ3n) is 3.62. The molecule has 2 aromatic carbocycles. The molecule has 22 heavy (non-hydrogen) atoms. The maximum Gasteiger partial charge on any atom is 0.416 e. The van der Waals surface area contributed by atoms with Gasteiger partial charge < -0.3 is 10.1 Å². The van der Waals surface area contributed by atoms with Crippen molar-refractivity contribution in [1.82, 2.24) is 0 Å². The Labute approximate surface area is 126 Å². The molecule has 0 saturated heterocycles. The van der Waals surface area contributed by atoms with Crippen molar-refractivity contribution in [3.8, 4) is 16.9 Å². The van der Waals surface area contributed by atoms with E-state index in [0.29, 0.717) is 12.3 Å². The second-order valence-corrected chi connectivity index (χ2v) is 6.00. The fraction of sp³-hybridized carbons (Fsp3) is 0.294. The zero-order valence-electron chi connectivity index (χ0n) is 12.3. The molecular weight excluding hydrogens is 291 g/mol. The Morgan fingerprint density at radius 2 is 1.64 bits per heavy atom. The van der Waals surface area contributed by atoms with Gasteiger partial charge in [-0.25, -0.2) is 0 Å². The molecule has 0 fully saturated rings. The number of hydrogen-bond acceptors (Lipinski definition) is 2. The number of benzene rings is 2. The molecule has 0 aromatic heterocycles. The van der Waals surface area contributed by atoms with Gasteiger partial charge in [0.25, 0.3) is 0 Å². The number of rotatable bonds is 1. The molecule has 0 saturated carbocycles. The summed E-state index contributed by atoms with van der Waals surface area (Å²) in [5.74, 6) is 0.716. The highest BCUT2D eigenvalue weighted by molar-refractivity contribution is 5.71. The quantitative estimate of drug-likeness (QED) is 0.804. The number of anilines is 1. The van der Waals surface area contributed by atoms with E-state index < -0.39 is 11.7 Å². The molecule has 0 radical (unpaired) electrons. The van der Waals surface area contributed by atoms with Crippen molar-refractivity contribution in [2.75, 3.05) is 11.9 Å². The van der Waals surface area contributed by atoms with E-state index in [1.165, 1.54) is 12.1 Å². The largest absolute Gasteiger partial charge is 0.484 e. The van der Waals surface area contributed by atoms with Gasteiger partial charge in [-0.15, -0.1) is 0 Å². The van der Waals surface area contributed by atoms with Gasteiger partial charge in [-0.1, -0.05) is 18.2 Å². The molecule has 0 bridgehead atoms. The molecule has 1 aliphatic heterocycles. The summed E-state index contributed by atoms with van der Waals surface area (Å²) < 4.78 is 43.7. The maximum atomic E-state index is 12.6. The van der Waals surface area contributed by atoms with E-state index >= 15 is 0 Å². The van der Waals surface area contributed by atoms with Crippen LogP contribution in [0.3, 0.4) is 0 Å². The molecule has 0 amide bonds. The van der Waals surface area contributed by atoms with Crippen molar-refractivity contribution in [3.05, 3.63) is 48.0 Å². The third kappa shape index (κ3) is 2.89. The minimum absolute atomic E-state index is 0.314. The Kier molecular flexibility index (Phi) is 3.31. The summed E-state index contributed by atoms with van der Waals surface area (Å²) in [5.41, 5.74) is 1.49. The summed E-state index contributed by atoms with van der Waals surface area (Å²) >= 11 is 0. The Morgan fingerprint density at radius 1 is 1.00 bits per heavy atom. The third-order valence-corrected chi connectivity index (χ3v) is 3.62. The summed E-state index contributed by atoms with van der Waals surface area (Å²) in [4.78, 5) is 0. The van der Waals surface area contributed by atoms with Crippen LogP contribution in [0, 0.1) is 0 Å². The van der Waals surface area contributed by atoms with E-state index in [9.17, 15) is 13.2 Å². The first-order chi connectivity index (χ1) is 10.2. The number of nitrogens with one attached hydrogen (secondary N) is 1. The molecule has 1 N–H and O–H groups in total. The van der Waals surface area contributed by atoms with Crippen molar-refractivity contribution in [1.29, 1.82) is 0 Å². The van der Waals surface area contributed by atoms with Crippen molar-refractivity contribution in [2.45, 2.75) is 25.6 Å². The van der Waals surface area contributed by atoms with Crippen LogP contribution >= 0.6 is 0 Å². The Balaban J connectivity index is 1.93. The van der Waals surface area contributed by atoms with Crippen molar-refractivity contribution in [2.24, 2.45) is 0 Å². The van der Waals surface area contributed by atoms with Crippen molar-refractivity contribution < 1.29 is 17.9 Å². The molecule has 0 unspecified atom stereocenters. The molecule has 0 aliphatic carbocycles. The average molecular weight is 307 g/mol. The predicted molar refractivity (Wildman–Crippen MR) is 80.1 cm³/mol. The molecule has 1 aliphatic rings. The zero-order chi connectivity index (χ0) is 16.0. The van der Waals surface area contributed by atoms with Gasteiger partial charge in [-0.2, -0.15) is 13.2 Å². The fourth-order valence-electron chi connectivity index (χ4n) is 2.43. The normalized spacial score (nSPS) is 16.4. The van der Waals surface area contributed by atoms with Crippen LogP contribution in [0.4, 0.5) is 18.9 Å². The summed E-state index contributed by atoms with van der Waals surface area (Å²) in [7, 11) is 0. The van der Waals surface area contributed by atoms with Crippen LogP contribution in [0.1, 0.15) is 19.4 Å². The zero-order valence-corrected chi connectivity index (χ0v) is 12.3. The summed E-state index contributed by atoms with van der Waals surface area (Å²) in [5, 5.41) is 3.29. The number of hydrogen-bond donors (Lipinski definition) is 1. The van der Waals surface area contributed by atoms with Crippen LogP contribution < -0.4 is 10.1 Å². The molecule has 1 heterocycles. The lowest BCUT2D eigenvalue weighted by atomic mass is 10.0. The highest BCUT2D eigenvalue weighted by atomic mass is 19.4. The minimum Gasteiger partial charge on any atom is -0.484 e. The van der Waals surface area contributed by atoms with Crippen molar-refractivity contribution >= 4 is 5.69 Å². The number of alkyl halides is 3. The smallest absolute Gasteiger partial charge is 0.416 e. The van der Waals surface area contributed by atoms with Crippen LogP contribution in [0.2, 0.25) is 0 Å². The van der Waals surface area contributed by atoms with Gasteiger partial charge in [0.15, 0.2) is 0 Å². The lowest BCUT2D eigenvalue weighted by Crippen LogP contribution is -2.39. The molecule has 3 rings (SSSR count). The highest BCUT2D eigenvalue weighted by Gasteiger charge is 2.30. The fourth-order valence-corrected chi connectivity index (χ4v) is 2.43. The van der Waals surface area contributed by atoms with E-state index in [-0.39, 0.29) is 5.60 Å². The minimum atomic E-state index is -4.31.